The van der Waals surface area contributed by atoms with Crippen LogP contribution in [0.1, 0.15) is 31.4 Å². The summed E-state index contributed by atoms with van der Waals surface area (Å²) in [7, 11) is 0. The van der Waals surface area contributed by atoms with Gasteiger partial charge in [-0.25, -0.2) is 4.39 Å². The van der Waals surface area contributed by atoms with Gasteiger partial charge in [0.1, 0.15) is 5.82 Å². The highest BCUT2D eigenvalue weighted by molar-refractivity contribution is 5.19. The molecule has 1 aromatic carbocycles. The van der Waals surface area contributed by atoms with Gasteiger partial charge in [0.05, 0.1) is 13.2 Å². The van der Waals surface area contributed by atoms with Crippen molar-refractivity contribution >= 4 is 0 Å². The number of hydrogen-bond donors (Lipinski definition) is 1. The lowest BCUT2D eigenvalue weighted by atomic mass is 10.0. The molecule has 19 heavy (non-hydrogen) atoms. The number of benzene rings is 1. The Morgan fingerprint density at radius 2 is 2.16 bits per heavy atom. The summed E-state index contributed by atoms with van der Waals surface area (Å²) in [5.41, 5.74) is 7.17. The van der Waals surface area contributed by atoms with Gasteiger partial charge in [0.2, 0.25) is 0 Å². The summed E-state index contributed by atoms with van der Waals surface area (Å²) in [5, 5.41) is 0. The largest absolute Gasteiger partial charge is 0.378 e. The van der Waals surface area contributed by atoms with Crippen LogP contribution in [0.3, 0.4) is 0 Å². The molecule has 0 aliphatic carbocycles. The van der Waals surface area contributed by atoms with Gasteiger partial charge in [-0.15, -0.1) is 0 Å². The molecule has 4 heteroatoms. The van der Waals surface area contributed by atoms with Crippen LogP contribution in [0.2, 0.25) is 0 Å². The SMILES string of the molecule is CCC1COCCN1CCC(N)c1ccc(F)cc1. The predicted octanol–water partition coefficient (Wildman–Crippen LogP) is 2.33. The van der Waals surface area contributed by atoms with E-state index in [1.807, 2.05) is 0 Å². The van der Waals surface area contributed by atoms with Crippen LogP contribution in [0.15, 0.2) is 24.3 Å². The molecular formula is C15H23FN2O. The van der Waals surface area contributed by atoms with Gasteiger partial charge in [-0.05, 0) is 30.5 Å². The van der Waals surface area contributed by atoms with E-state index < -0.39 is 0 Å². The molecule has 1 aliphatic rings. The lowest BCUT2D eigenvalue weighted by molar-refractivity contribution is -0.00964. The molecule has 1 heterocycles. The molecule has 2 unspecified atom stereocenters. The molecule has 2 N–H and O–H groups in total. The minimum atomic E-state index is -0.213. The van der Waals surface area contributed by atoms with Gasteiger partial charge >= 0.3 is 0 Å². The summed E-state index contributed by atoms with van der Waals surface area (Å²) in [5.74, 6) is -0.213. The van der Waals surface area contributed by atoms with Crippen LogP contribution in [0.25, 0.3) is 0 Å². The Bertz CT molecular complexity index is 382. The van der Waals surface area contributed by atoms with Crippen LogP contribution in [-0.4, -0.2) is 37.2 Å². The van der Waals surface area contributed by atoms with E-state index in [2.05, 4.69) is 11.8 Å². The van der Waals surface area contributed by atoms with Crippen molar-refractivity contribution in [2.75, 3.05) is 26.3 Å². The minimum Gasteiger partial charge on any atom is -0.378 e. The second kappa shape index (κ2) is 6.98. The van der Waals surface area contributed by atoms with Gasteiger partial charge in [0.15, 0.2) is 0 Å². The van der Waals surface area contributed by atoms with Gasteiger partial charge < -0.3 is 10.5 Å². The van der Waals surface area contributed by atoms with Crippen LogP contribution in [0.4, 0.5) is 4.39 Å². The van der Waals surface area contributed by atoms with E-state index in [1.165, 1.54) is 12.1 Å². The van der Waals surface area contributed by atoms with Crippen molar-refractivity contribution in [1.29, 1.82) is 0 Å². The van der Waals surface area contributed by atoms with Gasteiger partial charge in [0.25, 0.3) is 0 Å². The first-order valence-electron chi connectivity index (χ1n) is 7.03. The highest BCUT2D eigenvalue weighted by Gasteiger charge is 2.21. The number of rotatable bonds is 5. The number of nitrogens with zero attached hydrogens (tertiary/aromatic N) is 1. The van der Waals surface area contributed by atoms with Crippen LogP contribution in [-0.2, 0) is 4.74 Å². The molecular weight excluding hydrogens is 243 g/mol. The highest BCUT2D eigenvalue weighted by Crippen LogP contribution is 2.17. The Kier molecular flexibility index (Phi) is 5.31. The van der Waals surface area contributed by atoms with E-state index in [9.17, 15) is 4.39 Å². The van der Waals surface area contributed by atoms with Crippen LogP contribution >= 0.6 is 0 Å². The molecule has 0 spiro atoms. The minimum absolute atomic E-state index is 0.0269. The van der Waals surface area contributed by atoms with Crippen molar-refractivity contribution in [2.24, 2.45) is 5.73 Å². The lowest BCUT2D eigenvalue weighted by Crippen LogP contribution is -2.45. The maximum Gasteiger partial charge on any atom is 0.123 e. The third-order valence-electron chi connectivity index (χ3n) is 3.85. The first-order chi connectivity index (χ1) is 9.20. The zero-order valence-corrected chi connectivity index (χ0v) is 11.5. The maximum absolute atomic E-state index is 12.9. The Balaban J connectivity index is 1.85. The van der Waals surface area contributed by atoms with E-state index >= 15 is 0 Å². The van der Waals surface area contributed by atoms with E-state index in [0.717, 1.165) is 44.7 Å². The van der Waals surface area contributed by atoms with Crippen molar-refractivity contribution in [2.45, 2.75) is 31.8 Å². The van der Waals surface area contributed by atoms with Crippen LogP contribution in [0.5, 0.6) is 0 Å². The molecule has 0 amide bonds. The topological polar surface area (TPSA) is 38.5 Å². The van der Waals surface area contributed by atoms with Crippen LogP contribution in [0, 0.1) is 5.82 Å². The fraction of sp³-hybridized carbons (Fsp3) is 0.600. The molecule has 2 atom stereocenters. The van der Waals surface area contributed by atoms with Crippen molar-refractivity contribution in [3.05, 3.63) is 35.6 Å². The van der Waals surface area contributed by atoms with E-state index in [-0.39, 0.29) is 11.9 Å². The van der Waals surface area contributed by atoms with Gasteiger partial charge in [0, 0.05) is 25.2 Å². The van der Waals surface area contributed by atoms with Crippen molar-refractivity contribution in [3.8, 4) is 0 Å². The molecule has 1 aliphatic heterocycles. The van der Waals surface area contributed by atoms with Gasteiger partial charge in [-0.1, -0.05) is 19.1 Å². The summed E-state index contributed by atoms with van der Waals surface area (Å²) < 4.78 is 18.4. The first-order valence-corrected chi connectivity index (χ1v) is 7.03. The summed E-state index contributed by atoms with van der Waals surface area (Å²) in [6.07, 6.45) is 1.99. The zero-order chi connectivity index (χ0) is 13.7. The van der Waals surface area contributed by atoms with Crippen LogP contribution < -0.4 is 5.73 Å². The maximum atomic E-state index is 12.9. The average Bonchev–Trinajstić information content (AvgIpc) is 2.45. The molecule has 1 saturated heterocycles. The monoisotopic (exact) mass is 266 g/mol. The second-order valence-corrected chi connectivity index (χ2v) is 5.12. The molecule has 1 aromatic rings. The number of ether oxygens (including phenoxy) is 1. The summed E-state index contributed by atoms with van der Waals surface area (Å²) >= 11 is 0. The Labute approximate surface area is 114 Å². The summed E-state index contributed by atoms with van der Waals surface area (Å²) in [6.45, 7) is 5.77. The molecule has 2 rings (SSSR count). The quantitative estimate of drug-likeness (QED) is 0.889. The first kappa shape index (κ1) is 14.4. The Morgan fingerprint density at radius 1 is 1.42 bits per heavy atom. The van der Waals surface area contributed by atoms with Crippen molar-refractivity contribution in [1.82, 2.24) is 4.90 Å². The molecule has 0 radical (unpaired) electrons. The lowest BCUT2D eigenvalue weighted by Gasteiger charge is -2.35. The predicted molar refractivity (Wildman–Crippen MR) is 74.4 cm³/mol. The molecule has 1 fully saturated rings. The number of nitrogens with two attached hydrogens (primary N) is 1. The Morgan fingerprint density at radius 3 is 2.84 bits per heavy atom. The van der Waals surface area contributed by atoms with E-state index in [0.29, 0.717) is 6.04 Å². The number of halogens is 1. The summed E-state index contributed by atoms with van der Waals surface area (Å²) in [4.78, 5) is 2.45. The van der Waals surface area contributed by atoms with E-state index in [1.54, 1.807) is 12.1 Å². The van der Waals surface area contributed by atoms with Gasteiger partial charge in [-0.2, -0.15) is 0 Å². The molecule has 3 nitrogen and oxygen atoms in total. The second-order valence-electron chi connectivity index (χ2n) is 5.12. The Hall–Kier alpha value is -0.970. The third-order valence-corrected chi connectivity index (χ3v) is 3.85. The molecule has 0 bridgehead atoms. The number of morpholine rings is 1. The smallest absolute Gasteiger partial charge is 0.123 e. The normalized spacial score (nSPS) is 22.4. The van der Waals surface area contributed by atoms with Gasteiger partial charge in [-0.3, -0.25) is 4.90 Å². The molecule has 106 valence electrons. The van der Waals surface area contributed by atoms with Crippen molar-refractivity contribution in [3.63, 3.8) is 0 Å². The fourth-order valence-electron chi connectivity index (χ4n) is 2.54. The average molecular weight is 266 g/mol. The fourth-order valence-corrected chi connectivity index (χ4v) is 2.54. The highest BCUT2D eigenvalue weighted by atomic mass is 19.1. The third kappa shape index (κ3) is 4.00. The zero-order valence-electron chi connectivity index (χ0n) is 11.5. The molecule has 0 saturated carbocycles. The van der Waals surface area contributed by atoms with Crippen molar-refractivity contribution < 1.29 is 9.13 Å². The standard InChI is InChI=1S/C15H23FN2O/c1-2-14-11-19-10-9-18(14)8-7-15(17)12-3-5-13(16)6-4-12/h3-6,14-15H,2,7-11,17H2,1H3. The van der Waals surface area contributed by atoms with E-state index in [4.69, 9.17) is 10.5 Å². The summed E-state index contributed by atoms with van der Waals surface area (Å²) in [6, 6.07) is 6.97. The molecule has 0 aromatic heterocycles. The number of hydrogen-bond acceptors (Lipinski definition) is 3.